The van der Waals surface area contributed by atoms with E-state index in [0.717, 1.165) is 6.54 Å². The Morgan fingerprint density at radius 3 is 2.30 bits per heavy atom. The smallest absolute Gasteiger partial charge is 0.295 e. The number of nitrogens with zero attached hydrogens (tertiary/aromatic N) is 2. The standard InChI is InChI=1S/C23H25FN2O4/c1-25(2)13-4-14-26-20(15-5-9-17(24)10-6-15)19(22(28)23(26)29)21(27)16-7-11-18(30-3)12-8-16/h5-12,20,27H,4,13-14H2,1-3H3. The Kier molecular flexibility index (Phi) is 6.52. The van der Waals surface area contributed by atoms with E-state index < -0.39 is 23.5 Å². The van der Waals surface area contributed by atoms with E-state index in [-0.39, 0.29) is 11.3 Å². The van der Waals surface area contributed by atoms with Gasteiger partial charge in [-0.25, -0.2) is 4.39 Å². The molecular formula is C23H25FN2O4. The van der Waals surface area contributed by atoms with E-state index in [9.17, 15) is 19.1 Å². The molecule has 1 aliphatic heterocycles. The number of halogens is 1. The molecule has 1 heterocycles. The second-order valence-electron chi connectivity index (χ2n) is 7.43. The van der Waals surface area contributed by atoms with Crippen LogP contribution < -0.4 is 4.74 Å². The fraction of sp³-hybridized carbons (Fsp3) is 0.304. The Bertz CT molecular complexity index is 952. The molecule has 30 heavy (non-hydrogen) atoms. The van der Waals surface area contributed by atoms with Crippen LogP contribution in [0.1, 0.15) is 23.6 Å². The Balaban J connectivity index is 2.06. The van der Waals surface area contributed by atoms with E-state index in [2.05, 4.69) is 0 Å². The number of likely N-dealkylation sites (tertiary alicyclic amines) is 1. The van der Waals surface area contributed by atoms with Crippen LogP contribution in [0.4, 0.5) is 4.39 Å². The predicted octanol–water partition coefficient (Wildman–Crippen LogP) is 3.21. The number of rotatable bonds is 7. The maximum absolute atomic E-state index is 13.5. The summed E-state index contributed by atoms with van der Waals surface area (Å²) in [5, 5.41) is 10.9. The first-order valence-electron chi connectivity index (χ1n) is 9.66. The number of carbonyl (C=O) groups is 2. The van der Waals surface area contributed by atoms with Crippen molar-refractivity contribution >= 4 is 17.4 Å². The van der Waals surface area contributed by atoms with Crippen LogP contribution in [0.3, 0.4) is 0 Å². The molecule has 1 saturated heterocycles. The Labute approximate surface area is 175 Å². The molecule has 3 rings (SSSR count). The number of amides is 1. The van der Waals surface area contributed by atoms with Crippen LogP contribution in [-0.4, -0.2) is 60.9 Å². The van der Waals surface area contributed by atoms with Gasteiger partial charge in [-0.1, -0.05) is 12.1 Å². The van der Waals surface area contributed by atoms with Gasteiger partial charge in [0.2, 0.25) is 0 Å². The summed E-state index contributed by atoms with van der Waals surface area (Å²) in [5.74, 6) is -1.50. The number of aliphatic hydroxyl groups excluding tert-OH is 1. The van der Waals surface area contributed by atoms with Gasteiger partial charge in [-0.15, -0.1) is 0 Å². The molecule has 1 fully saturated rings. The molecule has 0 spiro atoms. The predicted molar refractivity (Wildman–Crippen MR) is 112 cm³/mol. The first-order valence-corrected chi connectivity index (χ1v) is 9.66. The van der Waals surface area contributed by atoms with Crippen molar-refractivity contribution in [1.29, 1.82) is 0 Å². The summed E-state index contributed by atoms with van der Waals surface area (Å²) >= 11 is 0. The third-order valence-electron chi connectivity index (χ3n) is 5.09. The van der Waals surface area contributed by atoms with E-state index in [1.165, 1.54) is 36.3 Å². The highest BCUT2D eigenvalue weighted by Crippen LogP contribution is 2.39. The van der Waals surface area contributed by atoms with E-state index in [1.807, 2.05) is 19.0 Å². The van der Waals surface area contributed by atoms with E-state index in [1.54, 1.807) is 24.3 Å². The van der Waals surface area contributed by atoms with Gasteiger partial charge in [0.15, 0.2) is 0 Å². The van der Waals surface area contributed by atoms with Gasteiger partial charge in [0.25, 0.3) is 11.7 Å². The van der Waals surface area contributed by atoms with E-state index in [0.29, 0.717) is 29.8 Å². The lowest BCUT2D eigenvalue weighted by Gasteiger charge is -2.26. The van der Waals surface area contributed by atoms with Gasteiger partial charge in [0.05, 0.1) is 18.7 Å². The monoisotopic (exact) mass is 412 g/mol. The minimum absolute atomic E-state index is 0.00151. The molecule has 0 bridgehead atoms. The lowest BCUT2D eigenvalue weighted by molar-refractivity contribution is -0.139. The molecule has 0 radical (unpaired) electrons. The van der Waals surface area contributed by atoms with Crippen molar-refractivity contribution < 1.29 is 23.8 Å². The molecular weight excluding hydrogens is 387 g/mol. The van der Waals surface area contributed by atoms with Gasteiger partial charge >= 0.3 is 0 Å². The summed E-state index contributed by atoms with van der Waals surface area (Å²) in [4.78, 5) is 29.1. The number of Topliss-reactive ketones (excluding diaryl/α,β-unsaturated/α-hetero) is 1. The zero-order valence-corrected chi connectivity index (χ0v) is 17.3. The molecule has 1 N–H and O–H groups in total. The summed E-state index contributed by atoms with van der Waals surface area (Å²) in [6.45, 7) is 1.07. The van der Waals surface area contributed by atoms with Crippen molar-refractivity contribution in [3.63, 3.8) is 0 Å². The summed E-state index contributed by atoms with van der Waals surface area (Å²) < 4.78 is 18.6. The normalized spacial score (nSPS) is 18.3. The number of hydrogen-bond donors (Lipinski definition) is 1. The number of ether oxygens (including phenoxy) is 1. The van der Waals surface area contributed by atoms with E-state index >= 15 is 0 Å². The second-order valence-corrected chi connectivity index (χ2v) is 7.43. The van der Waals surface area contributed by atoms with E-state index in [4.69, 9.17) is 4.74 Å². The minimum Gasteiger partial charge on any atom is -0.507 e. The van der Waals surface area contributed by atoms with Crippen LogP contribution in [0.5, 0.6) is 5.75 Å². The van der Waals surface area contributed by atoms with Crippen LogP contribution in [0.2, 0.25) is 0 Å². The highest BCUT2D eigenvalue weighted by molar-refractivity contribution is 6.46. The number of aliphatic hydroxyl groups is 1. The van der Waals surface area contributed by atoms with Crippen molar-refractivity contribution in [1.82, 2.24) is 9.80 Å². The maximum atomic E-state index is 13.5. The first-order chi connectivity index (χ1) is 14.3. The molecule has 6 nitrogen and oxygen atoms in total. The highest BCUT2D eigenvalue weighted by Gasteiger charge is 2.45. The molecule has 7 heteroatoms. The van der Waals surface area contributed by atoms with Gasteiger partial charge < -0.3 is 19.6 Å². The fourth-order valence-electron chi connectivity index (χ4n) is 3.56. The topological polar surface area (TPSA) is 70.1 Å². The SMILES string of the molecule is COc1ccc(C(O)=C2C(=O)C(=O)N(CCCN(C)C)C2c2ccc(F)cc2)cc1. The molecule has 1 unspecified atom stereocenters. The molecule has 158 valence electrons. The summed E-state index contributed by atoms with van der Waals surface area (Å²) in [6.07, 6.45) is 0.653. The number of hydrogen-bond acceptors (Lipinski definition) is 5. The molecule has 2 aromatic rings. The van der Waals surface area contributed by atoms with Crippen molar-refractivity contribution in [3.8, 4) is 5.75 Å². The third-order valence-corrected chi connectivity index (χ3v) is 5.09. The number of carbonyl (C=O) groups excluding carboxylic acids is 2. The molecule has 1 atom stereocenters. The quantitative estimate of drug-likeness (QED) is 0.430. The van der Waals surface area contributed by atoms with Crippen molar-refractivity contribution in [3.05, 3.63) is 71.0 Å². The third kappa shape index (κ3) is 4.36. The van der Waals surface area contributed by atoms with Gasteiger partial charge in [-0.3, -0.25) is 9.59 Å². The van der Waals surface area contributed by atoms with Crippen molar-refractivity contribution in [2.75, 3.05) is 34.3 Å². The number of methoxy groups -OCH3 is 1. The van der Waals surface area contributed by atoms with Crippen LogP contribution in [0.25, 0.3) is 5.76 Å². The largest absolute Gasteiger partial charge is 0.507 e. The average Bonchev–Trinajstić information content (AvgIpc) is 2.98. The highest BCUT2D eigenvalue weighted by atomic mass is 19.1. The van der Waals surface area contributed by atoms with Crippen molar-refractivity contribution in [2.45, 2.75) is 12.5 Å². The molecule has 0 aliphatic carbocycles. The Morgan fingerprint density at radius 1 is 1.10 bits per heavy atom. The maximum Gasteiger partial charge on any atom is 0.295 e. The molecule has 0 aromatic heterocycles. The average molecular weight is 412 g/mol. The summed E-state index contributed by atoms with van der Waals surface area (Å²) in [6, 6.07) is 11.4. The lowest BCUT2D eigenvalue weighted by Crippen LogP contribution is -2.32. The van der Waals surface area contributed by atoms with Gasteiger partial charge in [0, 0.05) is 12.1 Å². The zero-order chi connectivity index (χ0) is 21.8. The van der Waals surface area contributed by atoms with Gasteiger partial charge in [-0.2, -0.15) is 0 Å². The van der Waals surface area contributed by atoms with Crippen LogP contribution in [0, 0.1) is 5.82 Å². The van der Waals surface area contributed by atoms with Gasteiger partial charge in [0.1, 0.15) is 17.3 Å². The lowest BCUT2D eigenvalue weighted by atomic mass is 9.95. The fourth-order valence-corrected chi connectivity index (χ4v) is 3.56. The van der Waals surface area contributed by atoms with Crippen LogP contribution in [0.15, 0.2) is 54.1 Å². The molecule has 1 amide bonds. The molecule has 0 saturated carbocycles. The van der Waals surface area contributed by atoms with Gasteiger partial charge in [-0.05, 0) is 69.0 Å². The summed E-state index contributed by atoms with van der Waals surface area (Å²) in [5.41, 5.74) is 0.964. The number of ketones is 1. The van der Waals surface area contributed by atoms with Crippen LogP contribution >= 0.6 is 0 Å². The Morgan fingerprint density at radius 2 is 1.73 bits per heavy atom. The Hall–Kier alpha value is -3.19. The molecule has 2 aromatic carbocycles. The van der Waals surface area contributed by atoms with Crippen LogP contribution in [-0.2, 0) is 9.59 Å². The molecule has 1 aliphatic rings. The number of benzene rings is 2. The second kappa shape index (κ2) is 9.09. The summed E-state index contributed by atoms with van der Waals surface area (Å²) in [7, 11) is 5.38. The van der Waals surface area contributed by atoms with Crippen molar-refractivity contribution in [2.24, 2.45) is 0 Å². The minimum atomic E-state index is -0.783. The zero-order valence-electron chi connectivity index (χ0n) is 17.3. The first kappa shape index (κ1) is 21.5.